The van der Waals surface area contributed by atoms with Gasteiger partial charge in [0, 0.05) is 11.6 Å². The first-order valence-electron chi connectivity index (χ1n) is 6.97. The van der Waals surface area contributed by atoms with Crippen molar-refractivity contribution in [1.29, 1.82) is 0 Å². The maximum Gasteiger partial charge on any atom is 0.320 e. The van der Waals surface area contributed by atoms with Gasteiger partial charge in [0.15, 0.2) is 0 Å². The van der Waals surface area contributed by atoms with Gasteiger partial charge in [0.1, 0.15) is 18.4 Å². The molecule has 0 fully saturated rings. The van der Waals surface area contributed by atoms with E-state index in [4.69, 9.17) is 21.4 Å². The second-order valence-corrected chi connectivity index (χ2v) is 5.44. The van der Waals surface area contributed by atoms with E-state index in [9.17, 15) is 4.79 Å². The third-order valence-corrected chi connectivity index (χ3v) is 3.44. The molecule has 1 unspecified atom stereocenters. The number of carbonyl (C=O) groups is 1. The SMILES string of the molecule is CC(NCc1ccc(OCc2cccc(Cl)c2)cc1)C(=O)O. The first-order chi connectivity index (χ1) is 10.5. The zero-order valence-corrected chi connectivity index (χ0v) is 13.0. The standard InChI is InChI=1S/C17H18ClNO3/c1-12(17(20)21)19-10-13-5-7-16(8-6-13)22-11-14-3-2-4-15(18)9-14/h2-9,12,19H,10-11H2,1H3,(H,20,21). The lowest BCUT2D eigenvalue weighted by molar-refractivity contribution is -0.139. The highest BCUT2D eigenvalue weighted by Gasteiger charge is 2.09. The average Bonchev–Trinajstić information content (AvgIpc) is 2.51. The molecule has 2 aromatic rings. The molecule has 116 valence electrons. The Morgan fingerprint density at radius 1 is 1.23 bits per heavy atom. The summed E-state index contributed by atoms with van der Waals surface area (Å²) in [5.41, 5.74) is 2.01. The Balaban J connectivity index is 1.85. The number of aliphatic carboxylic acids is 1. The fourth-order valence-corrected chi connectivity index (χ4v) is 2.07. The number of benzene rings is 2. The van der Waals surface area contributed by atoms with Gasteiger partial charge < -0.3 is 15.2 Å². The van der Waals surface area contributed by atoms with Crippen LogP contribution in [0, 0.1) is 0 Å². The van der Waals surface area contributed by atoms with Gasteiger partial charge in [0.25, 0.3) is 0 Å². The Hall–Kier alpha value is -2.04. The first kappa shape index (κ1) is 16.3. The van der Waals surface area contributed by atoms with E-state index < -0.39 is 12.0 Å². The predicted molar refractivity (Wildman–Crippen MR) is 86.2 cm³/mol. The summed E-state index contributed by atoms with van der Waals surface area (Å²) in [6.07, 6.45) is 0. The van der Waals surface area contributed by atoms with Gasteiger partial charge in [-0.15, -0.1) is 0 Å². The van der Waals surface area contributed by atoms with Crippen LogP contribution in [-0.4, -0.2) is 17.1 Å². The minimum atomic E-state index is -0.860. The summed E-state index contributed by atoms with van der Waals surface area (Å²) in [5.74, 6) is -0.100. The van der Waals surface area contributed by atoms with Crippen LogP contribution in [0.3, 0.4) is 0 Å². The molecular weight excluding hydrogens is 302 g/mol. The van der Waals surface area contributed by atoms with E-state index >= 15 is 0 Å². The van der Waals surface area contributed by atoms with Gasteiger partial charge in [0.05, 0.1) is 0 Å². The average molecular weight is 320 g/mol. The highest BCUT2D eigenvalue weighted by Crippen LogP contribution is 2.16. The fraction of sp³-hybridized carbons (Fsp3) is 0.235. The quantitative estimate of drug-likeness (QED) is 0.820. The van der Waals surface area contributed by atoms with Crippen molar-refractivity contribution < 1.29 is 14.6 Å². The van der Waals surface area contributed by atoms with Gasteiger partial charge in [-0.1, -0.05) is 35.9 Å². The molecule has 5 heteroatoms. The lowest BCUT2D eigenvalue weighted by atomic mass is 10.2. The number of hydrogen-bond acceptors (Lipinski definition) is 3. The van der Waals surface area contributed by atoms with Gasteiger partial charge in [-0.05, 0) is 42.3 Å². The molecule has 0 saturated carbocycles. The number of hydrogen-bond donors (Lipinski definition) is 2. The highest BCUT2D eigenvalue weighted by molar-refractivity contribution is 6.30. The zero-order valence-electron chi connectivity index (χ0n) is 12.3. The van der Waals surface area contributed by atoms with Crippen LogP contribution in [0.4, 0.5) is 0 Å². The Bertz CT molecular complexity index is 628. The second-order valence-electron chi connectivity index (χ2n) is 5.00. The van der Waals surface area contributed by atoms with Crippen molar-refractivity contribution in [3.8, 4) is 5.75 Å². The van der Waals surface area contributed by atoms with Crippen LogP contribution < -0.4 is 10.1 Å². The van der Waals surface area contributed by atoms with E-state index in [1.807, 2.05) is 48.5 Å². The molecule has 2 N–H and O–H groups in total. The molecule has 0 saturated heterocycles. The minimum Gasteiger partial charge on any atom is -0.489 e. The number of carboxylic acid groups (broad SMARTS) is 1. The smallest absolute Gasteiger partial charge is 0.320 e. The fourth-order valence-electron chi connectivity index (χ4n) is 1.86. The molecule has 22 heavy (non-hydrogen) atoms. The van der Waals surface area contributed by atoms with Gasteiger partial charge in [-0.3, -0.25) is 4.79 Å². The number of ether oxygens (including phenoxy) is 1. The van der Waals surface area contributed by atoms with Crippen LogP contribution in [0.2, 0.25) is 5.02 Å². The summed E-state index contributed by atoms with van der Waals surface area (Å²) in [6.45, 7) is 2.57. The Labute approximate surface area is 134 Å². The molecule has 2 rings (SSSR count). The van der Waals surface area contributed by atoms with E-state index in [0.717, 1.165) is 16.9 Å². The van der Waals surface area contributed by atoms with Crippen molar-refractivity contribution in [3.63, 3.8) is 0 Å². The van der Waals surface area contributed by atoms with E-state index in [-0.39, 0.29) is 0 Å². The maximum absolute atomic E-state index is 10.7. The summed E-state index contributed by atoms with van der Waals surface area (Å²) >= 11 is 5.93. The van der Waals surface area contributed by atoms with E-state index in [2.05, 4.69) is 5.32 Å². The molecule has 4 nitrogen and oxygen atoms in total. The predicted octanol–water partition coefficient (Wildman–Crippen LogP) is 3.48. The highest BCUT2D eigenvalue weighted by atomic mass is 35.5. The third kappa shape index (κ3) is 5.06. The summed E-state index contributed by atoms with van der Waals surface area (Å²) in [6, 6.07) is 14.5. The van der Waals surface area contributed by atoms with Crippen LogP contribution in [-0.2, 0) is 17.9 Å². The molecule has 0 aliphatic rings. The lowest BCUT2D eigenvalue weighted by Crippen LogP contribution is -2.33. The molecule has 0 aliphatic carbocycles. The Morgan fingerprint density at radius 2 is 1.95 bits per heavy atom. The molecule has 0 bridgehead atoms. The lowest BCUT2D eigenvalue weighted by Gasteiger charge is -2.10. The summed E-state index contributed by atoms with van der Waals surface area (Å²) < 4.78 is 5.69. The van der Waals surface area contributed by atoms with Gasteiger partial charge >= 0.3 is 5.97 Å². The van der Waals surface area contributed by atoms with Crippen molar-refractivity contribution in [3.05, 3.63) is 64.7 Å². The van der Waals surface area contributed by atoms with Crippen LogP contribution in [0.25, 0.3) is 0 Å². The zero-order chi connectivity index (χ0) is 15.9. The van der Waals surface area contributed by atoms with Crippen LogP contribution in [0.15, 0.2) is 48.5 Å². The first-order valence-corrected chi connectivity index (χ1v) is 7.35. The van der Waals surface area contributed by atoms with Crippen LogP contribution >= 0.6 is 11.6 Å². The van der Waals surface area contributed by atoms with Crippen LogP contribution in [0.5, 0.6) is 5.75 Å². The van der Waals surface area contributed by atoms with Crippen LogP contribution in [0.1, 0.15) is 18.1 Å². The number of halogens is 1. The number of rotatable bonds is 7. The van der Waals surface area contributed by atoms with Crippen molar-refractivity contribution in [2.75, 3.05) is 0 Å². The molecule has 0 spiro atoms. The summed E-state index contributed by atoms with van der Waals surface area (Å²) in [4.78, 5) is 10.7. The Kier molecular flexibility index (Phi) is 5.81. The molecular formula is C17H18ClNO3. The normalized spacial score (nSPS) is 11.9. The summed E-state index contributed by atoms with van der Waals surface area (Å²) in [5, 5.41) is 12.4. The second kappa shape index (κ2) is 7.82. The van der Waals surface area contributed by atoms with Crippen molar-refractivity contribution >= 4 is 17.6 Å². The van der Waals surface area contributed by atoms with E-state index in [0.29, 0.717) is 18.2 Å². The molecule has 0 amide bonds. The monoisotopic (exact) mass is 319 g/mol. The van der Waals surface area contributed by atoms with E-state index in [1.165, 1.54) is 0 Å². The molecule has 0 aromatic heterocycles. The van der Waals surface area contributed by atoms with Crippen molar-refractivity contribution in [1.82, 2.24) is 5.32 Å². The van der Waals surface area contributed by atoms with E-state index in [1.54, 1.807) is 6.92 Å². The molecule has 0 aliphatic heterocycles. The third-order valence-electron chi connectivity index (χ3n) is 3.20. The van der Waals surface area contributed by atoms with Crippen molar-refractivity contribution in [2.24, 2.45) is 0 Å². The van der Waals surface area contributed by atoms with Crippen molar-refractivity contribution in [2.45, 2.75) is 26.1 Å². The Morgan fingerprint density at radius 3 is 2.59 bits per heavy atom. The molecule has 0 radical (unpaired) electrons. The number of carboxylic acids is 1. The molecule has 1 atom stereocenters. The number of nitrogens with one attached hydrogen (secondary N) is 1. The van der Waals surface area contributed by atoms with Gasteiger partial charge in [-0.2, -0.15) is 0 Å². The van der Waals surface area contributed by atoms with Gasteiger partial charge in [0.2, 0.25) is 0 Å². The van der Waals surface area contributed by atoms with Gasteiger partial charge in [-0.25, -0.2) is 0 Å². The topological polar surface area (TPSA) is 58.6 Å². The summed E-state index contributed by atoms with van der Waals surface area (Å²) in [7, 11) is 0. The largest absolute Gasteiger partial charge is 0.489 e. The molecule has 0 heterocycles. The minimum absolute atomic E-state index is 0.453. The maximum atomic E-state index is 10.7. The molecule has 2 aromatic carbocycles.